The van der Waals surface area contributed by atoms with Crippen molar-refractivity contribution in [1.82, 2.24) is 29.4 Å². The third-order valence-electron chi connectivity index (χ3n) is 3.76. The number of aromatic nitrogens is 6. The Balaban J connectivity index is 1.44. The number of para-hydroxylation sites is 1. The summed E-state index contributed by atoms with van der Waals surface area (Å²) in [5.41, 5.74) is 3.15. The summed E-state index contributed by atoms with van der Waals surface area (Å²) in [6, 6.07) is 12.1. The van der Waals surface area contributed by atoms with Gasteiger partial charge in [-0.25, -0.2) is 9.67 Å². The van der Waals surface area contributed by atoms with Crippen LogP contribution in [0.15, 0.2) is 55.1 Å². The van der Waals surface area contributed by atoms with Crippen LogP contribution in [0.1, 0.15) is 11.3 Å². The summed E-state index contributed by atoms with van der Waals surface area (Å²) in [7, 11) is 0. The zero-order valence-corrected chi connectivity index (χ0v) is 13.3. The van der Waals surface area contributed by atoms with E-state index in [9.17, 15) is 0 Å². The van der Waals surface area contributed by atoms with Gasteiger partial charge in [0.1, 0.15) is 12.1 Å². The molecule has 0 aliphatic carbocycles. The minimum atomic E-state index is 0.606. The van der Waals surface area contributed by atoms with E-state index in [1.807, 2.05) is 54.2 Å². The van der Waals surface area contributed by atoms with Gasteiger partial charge in [0.15, 0.2) is 0 Å². The second-order valence-electron chi connectivity index (χ2n) is 5.56. The van der Waals surface area contributed by atoms with Crippen molar-refractivity contribution >= 4 is 11.6 Å². The highest BCUT2D eigenvalue weighted by Gasteiger charge is 2.06. The molecule has 0 aliphatic heterocycles. The maximum absolute atomic E-state index is 4.42. The van der Waals surface area contributed by atoms with E-state index in [4.69, 9.17) is 0 Å². The second-order valence-corrected chi connectivity index (χ2v) is 5.56. The molecular weight excluding hydrogens is 302 g/mol. The van der Waals surface area contributed by atoms with E-state index in [1.54, 1.807) is 4.52 Å². The minimum Gasteiger partial charge on any atom is -0.370 e. The smallest absolute Gasteiger partial charge is 0.254 e. The number of aryl methyl sites for hydroxylation is 1. The van der Waals surface area contributed by atoms with Crippen LogP contribution < -0.4 is 5.32 Å². The molecule has 1 aromatic carbocycles. The lowest BCUT2D eigenvalue weighted by Crippen LogP contribution is -2.10. The van der Waals surface area contributed by atoms with E-state index in [2.05, 4.69) is 31.7 Å². The Morgan fingerprint density at radius 2 is 2.00 bits per heavy atom. The molecule has 120 valence electrons. The van der Waals surface area contributed by atoms with Crippen molar-refractivity contribution in [1.29, 1.82) is 0 Å². The van der Waals surface area contributed by atoms with Gasteiger partial charge in [-0.05, 0) is 31.0 Å². The number of nitrogens with zero attached hydrogens (tertiary/aromatic N) is 6. The van der Waals surface area contributed by atoms with Crippen molar-refractivity contribution in [3.63, 3.8) is 0 Å². The van der Waals surface area contributed by atoms with Gasteiger partial charge in [0, 0.05) is 24.5 Å². The average Bonchev–Trinajstić information content (AvgIpc) is 3.25. The van der Waals surface area contributed by atoms with E-state index in [1.165, 1.54) is 11.9 Å². The van der Waals surface area contributed by atoms with Crippen molar-refractivity contribution < 1.29 is 0 Å². The molecule has 0 saturated carbocycles. The SMILES string of the molecule is Cc1cc(NCCc2cnn(-c3ccccc3)c2)n2ncnc2n1. The topological polar surface area (TPSA) is 72.9 Å². The van der Waals surface area contributed by atoms with Gasteiger partial charge in [0.25, 0.3) is 5.78 Å². The van der Waals surface area contributed by atoms with Crippen molar-refractivity contribution in [2.45, 2.75) is 13.3 Å². The van der Waals surface area contributed by atoms with E-state index >= 15 is 0 Å². The first-order valence-corrected chi connectivity index (χ1v) is 7.80. The Kier molecular flexibility index (Phi) is 3.66. The Morgan fingerprint density at radius 3 is 2.88 bits per heavy atom. The van der Waals surface area contributed by atoms with Gasteiger partial charge in [-0.15, -0.1) is 0 Å². The fourth-order valence-corrected chi connectivity index (χ4v) is 2.60. The Hall–Kier alpha value is -3.22. The number of fused-ring (bicyclic) bond motifs is 1. The molecule has 0 aliphatic rings. The highest BCUT2D eigenvalue weighted by molar-refractivity contribution is 5.44. The van der Waals surface area contributed by atoms with Crippen LogP contribution in [0.3, 0.4) is 0 Å². The number of nitrogens with one attached hydrogen (secondary N) is 1. The second kappa shape index (κ2) is 6.11. The van der Waals surface area contributed by atoms with Crippen molar-refractivity contribution in [3.05, 3.63) is 66.4 Å². The Bertz CT molecular complexity index is 955. The first-order valence-electron chi connectivity index (χ1n) is 7.80. The lowest BCUT2D eigenvalue weighted by molar-refractivity contribution is 0.879. The average molecular weight is 319 g/mol. The predicted molar refractivity (Wildman–Crippen MR) is 91.3 cm³/mol. The van der Waals surface area contributed by atoms with Crippen LogP contribution >= 0.6 is 0 Å². The largest absolute Gasteiger partial charge is 0.370 e. The fourth-order valence-electron chi connectivity index (χ4n) is 2.60. The van der Waals surface area contributed by atoms with Crippen LogP contribution in [-0.4, -0.2) is 35.9 Å². The van der Waals surface area contributed by atoms with E-state index in [-0.39, 0.29) is 0 Å². The molecule has 4 rings (SSSR count). The van der Waals surface area contributed by atoms with Crippen molar-refractivity contribution in [2.24, 2.45) is 0 Å². The highest BCUT2D eigenvalue weighted by atomic mass is 15.3. The molecular formula is C17H17N7. The summed E-state index contributed by atoms with van der Waals surface area (Å²) in [5, 5.41) is 12.0. The first kappa shape index (κ1) is 14.4. The van der Waals surface area contributed by atoms with Crippen LogP contribution in [0, 0.1) is 6.92 Å². The highest BCUT2D eigenvalue weighted by Crippen LogP contribution is 2.11. The zero-order valence-electron chi connectivity index (χ0n) is 13.3. The number of rotatable bonds is 5. The molecule has 0 saturated heterocycles. The summed E-state index contributed by atoms with van der Waals surface area (Å²) >= 11 is 0. The molecule has 0 radical (unpaired) electrons. The molecule has 24 heavy (non-hydrogen) atoms. The lowest BCUT2D eigenvalue weighted by Gasteiger charge is -2.07. The molecule has 0 fully saturated rings. The lowest BCUT2D eigenvalue weighted by atomic mass is 10.2. The number of anilines is 1. The summed E-state index contributed by atoms with van der Waals surface area (Å²) in [5.74, 6) is 1.50. The maximum Gasteiger partial charge on any atom is 0.254 e. The van der Waals surface area contributed by atoms with E-state index in [0.717, 1.165) is 30.2 Å². The molecule has 0 atom stereocenters. The summed E-state index contributed by atoms with van der Waals surface area (Å²) in [6.07, 6.45) is 6.33. The van der Waals surface area contributed by atoms with E-state index in [0.29, 0.717) is 5.78 Å². The normalized spacial score (nSPS) is 11.0. The van der Waals surface area contributed by atoms with Gasteiger partial charge >= 0.3 is 0 Å². The summed E-state index contributed by atoms with van der Waals surface area (Å²) in [6.45, 7) is 2.72. The van der Waals surface area contributed by atoms with Crippen LogP contribution in [-0.2, 0) is 6.42 Å². The third kappa shape index (κ3) is 2.83. The fraction of sp³-hybridized carbons (Fsp3) is 0.176. The zero-order chi connectivity index (χ0) is 16.4. The molecule has 3 heterocycles. The van der Waals surface area contributed by atoms with Gasteiger partial charge in [0.2, 0.25) is 0 Å². The van der Waals surface area contributed by atoms with Crippen LogP contribution in [0.25, 0.3) is 11.5 Å². The quantitative estimate of drug-likeness (QED) is 0.611. The van der Waals surface area contributed by atoms with Gasteiger partial charge in [-0.1, -0.05) is 18.2 Å². The predicted octanol–water partition coefficient (Wildman–Crippen LogP) is 2.27. The molecule has 1 N–H and O–H groups in total. The summed E-state index contributed by atoms with van der Waals surface area (Å²) < 4.78 is 3.60. The first-order chi connectivity index (χ1) is 11.8. The van der Waals surface area contributed by atoms with Crippen molar-refractivity contribution in [2.75, 3.05) is 11.9 Å². The van der Waals surface area contributed by atoms with Crippen LogP contribution in [0.4, 0.5) is 5.82 Å². The number of hydrogen-bond acceptors (Lipinski definition) is 5. The Labute approximate surface area is 139 Å². The van der Waals surface area contributed by atoms with Crippen LogP contribution in [0.2, 0.25) is 0 Å². The molecule has 0 unspecified atom stereocenters. The Morgan fingerprint density at radius 1 is 1.12 bits per heavy atom. The van der Waals surface area contributed by atoms with Gasteiger partial charge in [-0.2, -0.15) is 19.7 Å². The van der Waals surface area contributed by atoms with Gasteiger partial charge in [0.05, 0.1) is 11.9 Å². The van der Waals surface area contributed by atoms with Crippen LogP contribution in [0.5, 0.6) is 0 Å². The molecule has 3 aromatic heterocycles. The molecule has 0 spiro atoms. The third-order valence-corrected chi connectivity index (χ3v) is 3.76. The minimum absolute atomic E-state index is 0.606. The van der Waals surface area contributed by atoms with Crippen molar-refractivity contribution in [3.8, 4) is 5.69 Å². The number of benzene rings is 1. The van der Waals surface area contributed by atoms with Gasteiger partial charge in [-0.3, -0.25) is 0 Å². The molecule has 0 bridgehead atoms. The molecule has 0 amide bonds. The summed E-state index contributed by atoms with van der Waals surface area (Å²) in [4.78, 5) is 8.47. The van der Waals surface area contributed by atoms with Gasteiger partial charge < -0.3 is 5.32 Å². The standard InChI is InChI=1S/C17H17N7/c1-13-9-16(24-17(22-13)19-12-21-24)18-8-7-14-10-20-23(11-14)15-5-3-2-4-6-15/h2-6,9-12,18H,7-8H2,1H3. The van der Waals surface area contributed by atoms with E-state index < -0.39 is 0 Å². The number of hydrogen-bond donors (Lipinski definition) is 1. The monoisotopic (exact) mass is 319 g/mol. The molecule has 4 aromatic rings. The molecule has 7 heteroatoms. The molecule has 7 nitrogen and oxygen atoms in total. The maximum atomic E-state index is 4.42.